The number of hydrogen-bond acceptors (Lipinski definition) is 5. The Morgan fingerprint density at radius 1 is 0.893 bits per heavy atom. The van der Waals surface area contributed by atoms with Crippen molar-refractivity contribution in [1.82, 2.24) is 0 Å². The van der Waals surface area contributed by atoms with E-state index in [1.54, 1.807) is 23.3 Å². The molecule has 0 saturated heterocycles. The van der Waals surface area contributed by atoms with Crippen LogP contribution in [0.3, 0.4) is 0 Å². The van der Waals surface area contributed by atoms with Crippen LogP contribution in [0.5, 0.6) is 0 Å². The van der Waals surface area contributed by atoms with E-state index in [1.807, 2.05) is 48.5 Å². The molecular formula is C22H18ClNO4. The van der Waals surface area contributed by atoms with Crippen molar-refractivity contribution in [1.29, 1.82) is 0 Å². The summed E-state index contributed by atoms with van der Waals surface area (Å²) in [4.78, 5) is 26.2. The molecule has 28 heavy (non-hydrogen) atoms. The molecule has 6 heteroatoms. The summed E-state index contributed by atoms with van der Waals surface area (Å²) in [6.07, 6.45) is 6.60. The Labute approximate surface area is 168 Å². The van der Waals surface area contributed by atoms with Gasteiger partial charge in [0.05, 0.1) is 19.8 Å². The third-order valence-corrected chi connectivity index (χ3v) is 4.43. The fourth-order valence-corrected chi connectivity index (χ4v) is 3.04. The minimum absolute atomic E-state index is 0.0786. The van der Waals surface area contributed by atoms with Gasteiger partial charge in [-0.15, -0.1) is 0 Å². The number of anilines is 1. The number of allylic oxidation sites excluding steroid dienone is 2. The summed E-state index contributed by atoms with van der Waals surface area (Å²) in [5, 5.41) is 0.654. The quantitative estimate of drug-likeness (QED) is 0.713. The summed E-state index contributed by atoms with van der Waals surface area (Å²) >= 11 is 6.07. The van der Waals surface area contributed by atoms with Gasteiger partial charge in [-0.3, -0.25) is 0 Å². The second-order valence-electron chi connectivity index (χ2n) is 5.87. The number of ether oxygens (including phenoxy) is 2. The van der Waals surface area contributed by atoms with Gasteiger partial charge in [-0.2, -0.15) is 0 Å². The van der Waals surface area contributed by atoms with Crippen molar-refractivity contribution < 1.29 is 19.1 Å². The molecule has 5 nitrogen and oxygen atoms in total. The number of methoxy groups -OCH3 is 2. The molecule has 0 fully saturated rings. The molecule has 0 aromatic heterocycles. The lowest BCUT2D eigenvalue weighted by Crippen LogP contribution is -2.26. The van der Waals surface area contributed by atoms with E-state index in [4.69, 9.17) is 21.1 Å². The van der Waals surface area contributed by atoms with E-state index in [9.17, 15) is 9.59 Å². The molecule has 0 spiro atoms. The van der Waals surface area contributed by atoms with Gasteiger partial charge in [-0.25, -0.2) is 9.59 Å². The number of nitrogens with zero attached hydrogens (tertiary/aromatic N) is 1. The van der Waals surface area contributed by atoms with Crippen LogP contribution in [0.4, 0.5) is 5.69 Å². The number of hydrogen-bond donors (Lipinski definition) is 0. The summed E-state index contributed by atoms with van der Waals surface area (Å²) in [5.41, 5.74) is 2.83. The molecular weight excluding hydrogens is 378 g/mol. The Kier molecular flexibility index (Phi) is 5.96. The van der Waals surface area contributed by atoms with Crippen molar-refractivity contribution in [2.75, 3.05) is 19.1 Å². The average molecular weight is 396 g/mol. The van der Waals surface area contributed by atoms with Crippen LogP contribution in [-0.4, -0.2) is 26.2 Å². The smallest absolute Gasteiger partial charge is 0.355 e. The average Bonchev–Trinajstić information content (AvgIpc) is 2.95. The highest BCUT2D eigenvalue weighted by molar-refractivity contribution is 6.30. The molecule has 1 heterocycles. The van der Waals surface area contributed by atoms with Crippen LogP contribution in [0, 0.1) is 0 Å². The second-order valence-corrected chi connectivity index (χ2v) is 6.31. The largest absolute Gasteiger partial charge is 0.465 e. The number of carbonyl (C=O) groups excluding carboxylic acids is 2. The maximum atomic E-state index is 12.4. The lowest BCUT2D eigenvalue weighted by atomic mass is 10.0. The number of carbonyl (C=O) groups is 2. The maximum absolute atomic E-state index is 12.4. The molecule has 3 rings (SSSR count). The van der Waals surface area contributed by atoms with Crippen molar-refractivity contribution in [3.63, 3.8) is 0 Å². The van der Waals surface area contributed by atoms with Crippen molar-refractivity contribution in [2.24, 2.45) is 0 Å². The third-order valence-electron chi connectivity index (χ3n) is 4.19. The third kappa shape index (κ3) is 4.00. The van der Waals surface area contributed by atoms with Gasteiger partial charge in [0.2, 0.25) is 0 Å². The van der Waals surface area contributed by atoms with Gasteiger partial charge in [-0.1, -0.05) is 41.9 Å². The summed E-state index contributed by atoms with van der Waals surface area (Å²) in [6, 6.07) is 15.1. The zero-order chi connectivity index (χ0) is 20.1. The maximum Gasteiger partial charge on any atom is 0.355 e. The molecule has 2 aromatic carbocycles. The van der Waals surface area contributed by atoms with Crippen LogP contribution in [0.2, 0.25) is 5.02 Å². The monoisotopic (exact) mass is 395 g/mol. The van der Waals surface area contributed by atoms with E-state index in [1.165, 1.54) is 20.3 Å². The molecule has 0 aliphatic carbocycles. The van der Waals surface area contributed by atoms with Gasteiger partial charge in [0, 0.05) is 16.9 Å². The molecule has 1 aliphatic heterocycles. The zero-order valence-corrected chi connectivity index (χ0v) is 16.1. The van der Waals surface area contributed by atoms with E-state index in [0.29, 0.717) is 10.7 Å². The molecule has 0 radical (unpaired) electrons. The first kappa shape index (κ1) is 19.5. The van der Waals surface area contributed by atoms with Crippen LogP contribution in [-0.2, 0) is 19.1 Å². The van der Waals surface area contributed by atoms with Crippen molar-refractivity contribution in [2.45, 2.75) is 0 Å². The van der Waals surface area contributed by atoms with E-state index >= 15 is 0 Å². The Bertz CT molecular complexity index is 990. The first-order chi connectivity index (χ1) is 13.5. The summed E-state index contributed by atoms with van der Waals surface area (Å²) in [7, 11) is 2.53. The second kappa shape index (κ2) is 8.59. The number of benzene rings is 2. The van der Waals surface area contributed by atoms with Gasteiger partial charge in [0.25, 0.3) is 0 Å². The lowest BCUT2D eigenvalue weighted by Gasteiger charge is -2.23. The summed E-state index contributed by atoms with van der Waals surface area (Å²) in [6.45, 7) is 0. The van der Waals surface area contributed by atoms with Crippen LogP contribution >= 0.6 is 11.6 Å². The predicted molar refractivity (Wildman–Crippen MR) is 109 cm³/mol. The van der Waals surface area contributed by atoms with Gasteiger partial charge >= 0.3 is 11.9 Å². The molecule has 0 unspecified atom stereocenters. The molecule has 0 bridgehead atoms. The topological polar surface area (TPSA) is 55.8 Å². The van der Waals surface area contributed by atoms with Gasteiger partial charge < -0.3 is 14.4 Å². The molecule has 142 valence electrons. The van der Waals surface area contributed by atoms with E-state index < -0.39 is 11.9 Å². The van der Waals surface area contributed by atoms with Crippen LogP contribution in [0.25, 0.3) is 11.1 Å². The highest BCUT2D eigenvalue weighted by Gasteiger charge is 2.27. The standard InChI is InChI=1S/C22H18ClNO4/c1-27-21(25)19-8-3-4-13-24(20(19)22(26)28-2)18-11-9-15(10-12-18)16-6-5-7-17(23)14-16/h3-14H,1-2H3. The molecule has 2 aromatic rings. The molecule has 0 atom stereocenters. The van der Waals surface area contributed by atoms with E-state index in [2.05, 4.69) is 0 Å². The minimum Gasteiger partial charge on any atom is -0.465 e. The van der Waals surface area contributed by atoms with Gasteiger partial charge in [0.15, 0.2) is 0 Å². The van der Waals surface area contributed by atoms with Crippen molar-refractivity contribution in [3.05, 3.63) is 89.3 Å². The van der Waals surface area contributed by atoms with Crippen LogP contribution in [0.1, 0.15) is 0 Å². The Hall–Kier alpha value is -3.31. The highest BCUT2D eigenvalue weighted by Crippen LogP contribution is 2.29. The van der Waals surface area contributed by atoms with Crippen molar-refractivity contribution in [3.8, 4) is 11.1 Å². The number of rotatable bonds is 4. The van der Waals surface area contributed by atoms with E-state index in [-0.39, 0.29) is 11.3 Å². The van der Waals surface area contributed by atoms with E-state index in [0.717, 1.165) is 11.1 Å². The SMILES string of the molecule is COC(=O)C1=C(C(=O)OC)N(c2ccc(-c3cccc(Cl)c3)cc2)C=CC=C1. The normalized spacial score (nSPS) is 13.3. The van der Waals surface area contributed by atoms with Crippen LogP contribution in [0.15, 0.2) is 84.2 Å². The first-order valence-electron chi connectivity index (χ1n) is 8.46. The molecule has 1 aliphatic rings. The Balaban J connectivity index is 2.05. The minimum atomic E-state index is -0.643. The Morgan fingerprint density at radius 3 is 2.25 bits per heavy atom. The summed E-state index contributed by atoms with van der Waals surface area (Å²) in [5.74, 6) is -1.27. The molecule has 0 saturated carbocycles. The molecule has 0 N–H and O–H groups in total. The lowest BCUT2D eigenvalue weighted by molar-refractivity contribution is -0.139. The van der Waals surface area contributed by atoms with Crippen molar-refractivity contribution >= 4 is 29.2 Å². The van der Waals surface area contributed by atoms with Gasteiger partial charge in [-0.05, 0) is 47.5 Å². The zero-order valence-electron chi connectivity index (χ0n) is 15.4. The van der Waals surface area contributed by atoms with Gasteiger partial charge in [0.1, 0.15) is 5.70 Å². The summed E-state index contributed by atoms with van der Waals surface area (Å²) < 4.78 is 9.72. The highest BCUT2D eigenvalue weighted by atomic mass is 35.5. The number of halogens is 1. The van der Waals surface area contributed by atoms with Crippen LogP contribution < -0.4 is 4.90 Å². The fourth-order valence-electron chi connectivity index (χ4n) is 2.85. The molecule has 0 amide bonds. The Morgan fingerprint density at radius 2 is 1.61 bits per heavy atom. The predicted octanol–water partition coefficient (Wildman–Crippen LogP) is 4.50. The fraction of sp³-hybridized carbons (Fsp3) is 0.0909. The first-order valence-corrected chi connectivity index (χ1v) is 8.84. The number of esters is 2.